The minimum absolute atomic E-state index is 0.155. The Morgan fingerprint density at radius 2 is 1.86 bits per heavy atom. The predicted molar refractivity (Wildman–Crippen MR) is 105 cm³/mol. The van der Waals surface area contributed by atoms with E-state index < -0.39 is 11.5 Å². The minimum atomic E-state index is -0.752. The van der Waals surface area contributed by atoms with Crippen molar-refractivity contribution in [3.8, 4) is 0 Å². The van der Waals surface area contributed by atoms with Crippen LogP contribution < -0.4 is 22.0 Å². The standard InChI is InChI=1S/C20H16N4O4/c1-2-24-18(26)13-8-4-5-9-15(13)21-20(24)23-22-17(25)14-11-12-7-3-6-10-16(12)28-19(14)27/h3-11H,2H2,1H3,(H,21,23)(H,22,25). The molecule has 0 spiro atoms. The molecule has 0 radical (unpaired) electrons. The molecule has 28 heavy (non-hydrogen) atoms. The molecule has 0 atom stereocenters. The first-order chi connectivity index (χ1) is 13.6. The molecule has 1 amide bonds. The summed E-state index contributed by atoms with van der Waals surface area (Å²) in [5.74, 6) is -0.519. The van der Waals surface area contributed by atoms with Crippen LogP contribution in [0.5, 0.6) is 0 Å². The molecule has 0 aliphatic carbocycles. The lowest BCUT2D eigenvalue weighted by molar-refractivity contribution is 0.0958. The molecular weight excluding hydrogens is 360 g/mol. The largest absolute Gasteiger partial charge is 0.422 e. The summed E-state index contributed by atoms with van der Waals surface area (Å²) in [7, 11) is 0. The molecule has 2 N–H and O–H groups in total. The lowest BCUT2D eigenvalue weighted by atomic mass is 10.2. The third-order valence-electron chi connectivity index (χ3n) is 4.35. The molecule has 8 heteroatoms. The number of hydrogen-bond donors (Lipinski definition) is 2. The number of benzene rings is 2. The molecule has 0 unspecified atom stereocenters. The van der Waals surface area contributed by atoms with Gasteiger partial charge in [0.25, 0.3) is 11.5 Å². The summed E-state index contributed by atoms with van der Waals surface area (Å²) in [6.07, 6.45) is 0. The second kappa shape index (κ2) is 6.99. The third-order valence-corrected chi connectivity index (χ3v) is 4.35. The first kappa shape index (κ1) is 17.5. The topological polar surface area (TPSA) is 106 Å². The van der Waals surface area contributed by atoms with E-state index in [0.717, 1.165) is 0 Å². The van der Waals surface area contributed by atoms with Crippen molar-refractivity contribution < 1.29 is 9.21 Å². The van der Waals surface area contributed by atoms with Crippen LogP contribution in [0.25, 0.3) is 21.9 Å². The van der Waals surface area contributed by atoms with Crippen LogP contribution in [0.2, 0.25) is 0 Å². The molecule has 2 heterocycles. The van der Waals surface area contributed by atoms with Gasteiger partial charge in [0.05, 0.1) is 10.9 Å². The fourth-order valence-corrected chi connectivity index (χ4v) is 2.96. The van der Waals surface area contributed by atoms with Crippen LogP contribution >= 0.6 is 0 Å². The highest BCUT2D eigenvalue weighted by atomic mass is 16.4. The number of amides is 1. The maximum Gasteiger partial charge on any atom is 0.349 e. The van der Waals surface area contributed by atoms with Crippen LogP contribution in [0.1, 0.15) is 17.3 Å². The predicted octanol–water partition coefficient (Wildman–Crippen LogP) is 2.28. The van der Waals surface area contributed by atoms with Gasteiger partial charge in [0.15, 0.2) is 0 Å². The third kappa shape index (κ3) is 3.01. The first-order valence-electron chi connectivity index (χ1n) is 8.67. The van der Waals surface area contributed by atoms with Crippen LogP contribution in [0.3, 0.4) is 0 Å². The van der Waals surface area contributed by atoms with E-state index in [-0.39, 0.29) is 17.1 Å². The number of para-hydroxylation sites is 2. The lowest BCUT2D eigenvalue weighted by Gasteiger charge is -2.13. The first-order valence-corrected chi connectivity index (χ1v) is 8.67. The molecular formula is C20H16N4O4. The second-order valence-corrected chi connectivity index (χ2v) is 6.07. The Bertz CT molecular complexity index is 1320. The molecule has 0 aliphatic rings. The Kier molecular flexibility index (Phi) is 4.36. The Hall–Kier alpha value is -3.94. The molecule has 0 saturated heterocycles. The van der Waals surface area contributed by atoms with Gasteiger partial charge in [0.2, 0.25) is 5.95 Å². The average Bonchev–Trinajstić information content (AvgIpc) is 2.71. The molecule has 0 aliphatic heterocycles. The van der Waals surface area contributed by atoms with E-state index in [9.17, 15) is 14.4 Å². The van der Waals surface area contributed by atoms with Crippen LogP contribution in [0, 0.1) is 0 Å². The van der Waals surface area contributed by atoms with Gasteiger partial charge >= 0.3 is 5.63 Å². The molecule has 0 bridgehead atoms. The zero-order valence-corrected chi connectivity index (χ0v) is 14.9. The zero-order chi connectivity index (χ0) is 19.7. The number of carbonyl (C=O) groups excluding carboxylic acids is 1. The van der Waals surface area contributed by atoms with Crippen molar-refractivity contribution >= 4 is 33.7 Å². The smallest absolute Gasteiger partial charge is 0.349 e. The quantitative estimate of drug-likeness (QED) is 0.418. The van der Waals surface area contributed by atoms with Crippen LogP contribution in [-0.4, -0.2) is 15.5 Å². The minimum Gasteiger partial charge on any atom is -0.422 e. The van der Waals surface area contributed by atoms with Crippen molar-refractivity contribution in [2.24, 2.45) is 0 Å². The molecule has 0 fully saturated rings. The van der Waals surface area contributed by atoms with Gasteiger partial charge in [0, 0.05) is 11.9 Å². The molecule has 8 nitrogen and oxygen atoms in total. The van der Waals surface area contributed by atoms with Gasteiger partial charge in [-0.15, -0.1) is 0 Å². The zero-order valence-electron chi connectivity index (χ0n) is 14.9. The van der Waals surface area contributed by atoms with E-state index in [4.69, 9.17) is 4.42 Å². The lowest BCUT2D eigenvalue weighted by Crippen LogP contribution is -2.36. The molecule has 140 valence electrons. The molecule has 4 aromatic rings. The monoisotopic (exact) mass is 376 g/mol. The number of hydrazine groups is 1. The van der Waals surface area contributed by atoms with Crippen molar-refractivity contribution in [2.75, 3.05) is 5.43 Å². The number of rotatable bonds is 4. The van der Waals surface area contributed by atoms with Crippen molar-refractivity contribution in [3.05, 3.63) is 80.9 Å². The molecule has 4 rings (SSSR count). The highest BCUT2D eigenvalue weighted by molar-refractivity contribution is 5.97. The van der Waals surface area contributed by atoms with E-state index >= 15 is 0 Å². The number of carbonyl (C=O) groups is 1. The highest BCUT2D eigenvalue weighted by Crippen LogP contribution is 2.13. The number of fused-ring (bicyclic) bond motifs is 2. The summed E-state index contributed by atoms with van der Waals surface area (Å²) in [5.41, 5.74) is 4.82. The number of anilines is 1. The maximum absolute atomic E-state index is 12.6. The summed E-state index contributed by atoms with van der Waals surface area (Å²) in [4.78, 5) is 41.6. The SMILES string of the molecule is CCn1c(NNC(=O)c2cc3ccccc3oc2=O)nc2ccccc2c1=O. The average molecular weight is 376 g/mol. The number of nitrogens with zero attached hydrogens (tertiary/aromatic N) is 2. The highest BCUT2D eigenvalue weighted by Gasteiger charge is 2.15. The van der Waals surface area contributed by atoms with Gasteiger partial charge in [-0.1, -0.05) is 30.3 Å². The van der Waals surface area contributed by atoms with Crippen LogP contribution in [-0.2, 0) is 6.54 Å². The summed E-state index contributed by atoms with van der Waals surface area (Å²) in [5, 5.41) is 1.11. The van der Waals surface area contributed by atoms with Gasteiger partial charge < -0.3 is 4.42 Å². The van der Waals surface area contributed by atoms with Gasteiger partial charge in [-0.25, -0.2) is 9.78 Å². The normalized spacial score (nSPS) is 10.9. The van der Waals surface area contributed by atoms with Crippen LogP contribution in [0.15, 0.2) is 68.6 Å². The second-order valence-electron chi connectivity index (χ2n) is 6.07. The van der Waals surface area contributed by atoms with Crippen molar-refractivity contribution in [2.45, 2.75) is 13.5 Å². The molecule has 2 aromatic heterocycles. The van der Waals surface area contributed by atoms with E-state index in [0.29, 0.717) is 28.4 Å². The van der Waals surface area contributed by atoms with Gasteiger partial charge in [-0.2, -0.15) is 0 Å². The number of nitrogens with one attached hydrogen (secondary N) is 2. The van der Waals surface area contributed by atoms with Gasteiger partial charge in [-0.05, 0) is 31.2 Å². The van der Waals surface area contributed by atoms with Crippen molar-refractivity contribution in [1.29, 1.82) is 0 Å². The molecule has 2 aromatic carbocycles. The van der Waals surface area contributed by atoms with E-state index in [1.165, 1.54) is 10.6 Å². The van der Waals surface area contributed by atoms with E-state index in [2.05, 4.69) is 15.8 Å². The van der Waals surface area contributed by atoms with Gasteiger partial charge in [0.1, 0.15) is 11.1 Å². The van der Waals surface area contributed by atoms with E-state index in [1.54, 1.807) is 55.5 Å². The van der Waals surface area contributed by atoms with Crippen molar-refractivity contribution in [3.63, 3.8) is 0 Å². The summed E-state index contributed by atoms with van der Waals surface area (Å²) < 4.78 is 6.57. The Morgan fingerprint density at radius 1 is 1.11 bits per heavy atom. The van der Waals surface area contributed by atoms with E-state index in [1.807, 2.05) is 0 Å². The Labute approximate surface area is 158 Å². The summed E-state index contributed by atoms with van der Waals surface area (Å²) in [6.45, 7) is 2.15. The fourth-order valence-electron chi connectivity index (χ4n) is 2.96. The maximum atomic E-state index is 12.6. The Balaban J connectivity index is 1.66. The van der Waals surface area contributed by atoms with Gasteiger partial charge in [-0.3, -0.25) is 25.0 Å². The van der Waals surface area contributed by atoms with Crippen molar-refractivity contribution in [1.82, 2.24) is 15.0 Å². The number of aromatic nitrogens is 2. The molecule has 0 saturated carbocycles. The Morgan fingerprint density at radius 3 is 2.68 bits per heavy atom. The van der Waals surface area contributed by atoms with Crippen LogP contribution in [0.4, 0.5) is 5.95 Å². The number of hydrogen-bond acceptors (Lipinski definition) is 6. The fraction of sp³-hybridized carbons (Fsp3) is 0.100. The summed E-state index contributed by atoms with van der Waals surface area (Å²) in [6, 6.07) is 15.3. The summed E-state index contributed by atoms with van der Waals surface area (Å²) >= 11 is 0.